The molecule has 0 heterocycles. The second-order valence-electron chi connectivity index (χ2n) is 4.30. The first kappa shape index (κ1) is 14.1. The number of carboxylic acids is 1. The number of sulfonamides is 1. The van der Waals surface area contributed by atoms with Gasteiger partial charge in [-0.1, -0.05) is 30.3 Å². The summed E-state index contributed by atoms with van der Waals surface area (Å²) in [4.78, 5) is 10.8. The average Bonchev–Trinajstić information content (AvgIpc) is 2.37. The average molecular weight is 291 g/mol. The molecule has 0 saturated carbocycles. The molecule has 0 atom stereocenters. The van der Waals surface area contributed by atoms with Crippen LogP contribution < -0.4 is 4.72 Å². The van der Waals surface area contributed by atoms with Crippen LogP contribution in [0.4, 0.5) is 5.69 Å². The highest BCUT2D eigenvalue weighted by Gasteiger charge is 2.09. The number of carboxylic acid groups (broad SMARTS) is 1. The van der Waals surface area contributed by atoms with Gasteiger partial charge in [-0.15, -0.1) is 0 Å². The van der Waals surface area contributed by atoms with Crippen molar-refractivity contribution in [3.05, 3.63) is 54.1 Å². The summed E-state index contributed by atoms with van der Waals surface area (Å²) >= 11 is 0. The van der Waals surface area contributed by atoms with Gasteiger partial charge in [0.05, 0.1) is 17.5 Å². The monoisotopic (exact) mass is 291 g/mol. The van der Waals surface area contributed by atoms with Crippen molar-refractivity contribution in [1.29, 1.82) is 0 Å². The van der Waals surface area contributed by atoms with Crippen LogP contribution in [-0.4, -0.2) is 25.7 Å². The molecule has 0 aliphatic rings. The Morgan fingerprint density at radius 3 is 2.20 bits per heavy atom. The summed E-state index contributed by atoms with van der Waals surface area (Å²) in [5.74, 6) is -1.00. The Labute approximate surface area is 116 Å². The Bertz CT molecular complexity index is 736. The number of hydrogen-bond donors (Lipinski definition) is 2. The molecule has 0 fully saturated rings. The van der Waals surface area contributed by atoms with E-state index in [4.69, 9.17) is 5.11 Å². The third kappa shape index (κ3) is 3.36. The lowest BCUT2D eigenvalue weighted by Crippen LogP contribution is -2.10. The number of rotatable bonds is 4. The second-order valence-corrected chi connectivity index (χ2v) is 6.05. The van der Waals surface area contributed by atoms with Crippen molar-refractivity contribution >= 4 is 21.7 Å². The lowest BCUT2D eigenvalue weighted by atomic mass is 10.0. The van der Waals surface area contributed by atoms with Crippen LogP contribution >= 0.6 is 0 Å². The molecule has 104 valence electrons. The van der Waals surface area contributed by atoms with Crippen LogP contribution in [0, 0.1) is 0 Å². The van der Waals surface area contributed by atoms with Gasteiger partial charge < -0.3 is 5.11 Å². The smallest absolute Gasteiger partial charge is 0.335 e. The number of aromatic carboxylic acids is 1. The van der Waals surface area contributed by atoms with Crippen molar-refractivity contribution in [2.75, 3.05) is 11.0 Å². The Hall–Kier alpha value is -2.34. The molecule has 2 aromatic rings. The van der Waals surface area contributed by atoms with Crippen molar-refractivity contribution in [3.63, 3.8) is 0 Å². The maximum absolute atomic E-state index is 11.3. The Balaban J connectivity index is 2.44. The number of hydrogen-bond acceptors (Lipinski definition) is 3. The van der Waals surface area contributed by atoms with Crippen LogP contribution in [0.5, 0.6) is 0 Å². The summed E-state index contributed by atoms with van der Waals surface area (Å²) in [6.45, 7) is 0. The number of nitrogens with one attached hydrogen (secondary N) is 1. The Morgan fingerprint density at radius 1 is 1.05 bits per heavy atom. The van der Waals surface area contributed by atoms with Gasteiger partial charge in [0.2, 0.25) is 10.0 Å². The molecule has 0 aliphatic carbocycles. The zero-order valence-corrected chi connectivity index (χ0v) is 11.5. The minimum absolute atomic E-state index is 0.183. The molecule has 5 nitrogen and oxygen atoms in total. The molecule has 0 bridgehead atoms. The fourth-order valence-corrected chi connectivity index (χ4v) is 2.39. The van der Waals surface area contributed by atoms with Gasteiger partial charge in [-0.25, -0.2) is 13.2 Å². The molecule has 0 amide bonds. The maximum atomic E-state index is 11.3. The van der Waals surface area contributed by atoms with E-state index in [2.05, 4.69) is 4.72 Å². The van der Waals surface area contributed by atoms with Crippen LogP contribution in [-0.2, 0) is 10.0 Å². The summed E-state index contributed by atoms with van der Waals surface area (Å²) in [5, 5.41) is 8.86. The Kier molecular flexibility index (Phi) is 3.76. The molecule has 6 heteroatoms. The number of anilines is 1. The molecular weight excluding hydrogens is 278 g/mol. The third-order valence-corrected chi connectivity index (χ3v) is 3.26. The topological polar surface area (TPSA) is 83.5 Å². The molecule has 0 radical (unpaired) electrons. The maximum Gasteiger partial charge on any atom is 0.335 e. The molecule has 2 aromatic carbocycles. The highest BCUT2D eigenvalue weighted by atomic mass is 32.2. The van der Waals surface area contributed by atoms with Crippen molar-refractivity contribution < 1.29 is 18.3 Å². The largest absolute Gasteiger partial charge is 0.478 e. The number of carbonyl (C=O) groups is 1. The van der Waals surface area contributed by atoms with Crippen molar-refractivity contribution in [3.8, 4) is 11.1 Å². The van der Waals surface area contributed by atoms with E-state index in [9.17, 15) is 13.2 Å². The van der Waals surface area contributed by atoms with E-state index in [1.807, 2.05) is 0 Å². The fourth-order valence-electron chi connectivity index (χ4n) is 1.82. The normalized spacial score (nSPS) is 11.1. The van der Waals surface area contributed by atoms with Gasteiger partial charge >= 0.3 is 5.97 Å². The van der Waals surface area contributed by atoms with Gasteiger partial charge in [-0.05, 0) is 23.8 Å². The predicted octanol–water partition coefficient (Wildman–Crippen LogP) is 2.42. The van der Waals surface area contributed by atoms with Crippen molar-refractivity contribution in [2.45, 2.75) is 0 Å². The van der Waals surface area contributed by atoms with Crippen LogP contribution in [0.1, 0.15) is 10.4 Å². The number of para-hydroxylation sites is 1. The third-order valence-electron chi connectivity index (χ3n) is 2.67. The Morgan fingerprint density at radius 2 is 1.65 bits per heavy atom. The highest BCUT2D eigenvalue weighted by molar-refractivity contribution is 7.92. The summed E-state index contributed by atoms with van der Waals surface area (Å²) in [7, 11) is -3.37. The zero-order valence-electron chi connectivity index (χ0n) is 10.7. The van der Waals surface area contributed by atoms with E-state index in [0.717, 1.165) is 11.8 Å². The highest BCUT2D eigenvalue weighted by Crippen LogP contribution is 2.28. The molecule has 0 spiro atoms. The number of benzene rings is 2. The van der Waals surface area contributed by atoms with E-state index < -0.39 is 16.0 Å². The summed E-state index contributed by atoms with van der Waals surface area (Å²) < 4.78 is 25.1. The van der Waals surface area contributed by atoms with Gasteiger partial charge in [-0.3, -0.25) is 4.72 Å². The molecular formula is C14H13NO4S. The first-order valence-corrected chi connectivity index (χ1v) is 7.66. The van der Waals surface area contributed by atoms with Gasteiger partial charge in [0.25, 0.3) is 0 Å². The van der Waals surface area contributed by atoms with Crippen LogP contribution in [0.25, 0.3) is 11.1 Å². The minimum atomic E-state index is -3.37. The van der Waals surface area contributed by atoms with Gasteiger partial charge in [0.1, 0.15) is 0 Å². The lowest BCUT2D eigenvalue weighted by molar-refractivity contribution is 0.0697. The summed E-state index contributed by atoms with van der Waals surface area (Å²) in [6.07, 6.45) is 1.08. The molecule has 20 heavy (non-hydrogen) atoms. The van der Waals surface area contributed by atoms with Gasteiger partial charge in [0.15, 0.2) is 0 Å². The zero-order chi connectivity index (χ0) is 14.8. The van der Waals surface area contributed by atoms with E-state index in [1.54, 1.807) is 36.4 Å². The summed E-state index contributed by atoms with van der Waals surface area (Å²) in [5.41, 5.74) is 2.07. The van der Waals surface area contributed by atoms with E-state index in [1.165, 1.54) is 12.1 Å². The van der Waals surface area contributed by atoms with Crippen LogP contribution in [0.15, 0.2) is 48.5 Å². The summed E-state index contributed by atoms with van der Waals surface area (Å²) in [6, 6.07) is 13.2. The molecule has 0 saturated heterocycles. The SMILES string of the molecule is CS(=O)(=O)Nc1ccccc1-c1ccc(C(=O)O)cc1. The molecule has 0 unspecified atom stereocenters. The molecule has 2 rings (SSSR count). The fraction of sp³-hybridized carbons (Fsp3) is 0.0714. The van der Waals surface area contributed by atoms with Crippen molar-refractivity contribution in [1.82, 2.24) is 0 Å². The molecule has 0 aromatic heterocycles. The van der Waals surface area contributed by atoms with Crippen LogP contribution in [0.2, 0.25) is 0 Å². The second kappa shape index (κ2) is 5.34. The van der Waals surface area contributed by atoms with E-state index >= 15 is 0 Å². The molecule has 0 aliphatic heterocycles. The first-order valence-electron chi connectivity index (χ1n) is 5.77. The standard InChI is InChI=1S/C14H13NO4S/c1-20(18,19)15-13-5-3-2-4-12(13)10-6-8-11(9-7-10)14(16)17/h2-9,15H,1H3,(H,16,17). The van der Waals surface area contributed by atoms with Crippen LogP contribution in [0.3, 0.4) is 0 Å². The predicted molar refractivity (Wildman–Crippen MR) is 77.3 cm³/mol. The van der Waals surface area contributed by atoms with Crippen molar-refractivity contribution in [2.24, 2.45) is 0 Å². The lowest BCUT2D eigenvalue weighted by Gasteiger charge is -2.10. The molecule has 2 N–H and O–H groups in total. The minimum Gasteiger partial charge on any atom is -0.478 e. The van der Waals surface area contributed by atoms with Gasteiger partial charge in [-0.2, -0.15) is 0 Å². The van der Waals surface area contributed by atoms with E-state index in [0.29, 0.717) is 11.3 Å². The quantitative estimate of drug-likeness (QED) is 0.906. The van der Waals surface area contributed by atoms with Gasteiger partial charge in [0, 0.05) is 5.56 Å². The first-order chi connectivity index (χ1) is 9.37. The van der Waals surface area contributed by atoms with E-state index in [-0.39, 0.29) is 5.56 Å².